The summed E-state index contributed by atoms with van der Waals surface area (Å²) in [6, 6.07) is 12.3. The molecule has 0 bridgehead atoms. The van der Waals surface area contributed by atoms with Crippen molar-refractivity contribution in [3.63, 3.8) is 0 Å². The smallest absolute Gasteiger partial charge is 0.142 e. The van der Waals surface area contributed by atoms with Gasteiger partial charge in [0.1, 0.15) is 12.4 Å². The van der Waals surface area contributed by atoms with Gasteiger partial charge in [-0.05, 0) is 38.0 Å². The zero-order valence-electron chi connectivity index (χ0n) is 13.8. The Bertz CT molecular complexity index is 641. The van der Waals surface area contributed by atoms with Crippen molar-refractivity contribution in [2.45, 2.75) is 46.4 Å². The van der Waals surface area contributed by atoms with Crippen LogP contribution in [0.25, 0.3) is 0 Å². The number of hydrogen-bond acceptors (Lipinski definition) is 2. The Morgan fingerprint density at radius 1 is 1.13 bits per heavy atom. The first-order valence-electron chi connectivity index (χ1n) is 7.89. The molecule has 0 aliphatic rings. The van der Waals surface area contributed by atoms with Gasteiger partial charge in [0.25, 0.3) is 0 Å². The Balaban J connectivity index is 2.13. The number of rotatable bonds is 7. The molecule has 0 saturated heterocycles. The molecule has 1 atom stereocenters. The SMILES string of the molecule is CC[C@@H](C)NCc1cc(Cl)cc(Cl)c1OCc1ccc(C)cc1. The van der Waals surface area contributed by atoms with Crippen LogP contribution in [0.1, 0.15) is 37.0 Å². The van der Waals surface area contributed by atoms with Crippen molar-refractivity contribution in [3.8, 4) is 5.75 Å². The lowest BCUT2D eigenvalue weighted by atomic mass is 10.1. The molecule has 2 aromatic carbocycles. The summed E-state index contributed by atoms with van der Waals surface area (Å²) in [7, 11) is 0. The van der Waals surface area contributed by atoms with Crippen LogP contribution in [-0.2, 0) is 13.2 Å². The third-order valence-electron chi connectivity index (χ3n) is 3.84. The van der Waals surface area contributed by atoms with E-state index >= 15 is 0 Å². The maximum Gasteiger partial charge on any atom is 0.142 e. The average Bonchev–Trinajstić information content (AvgIpc) is 2.53. The number of hydrogen-bond donors (Lipinski definition) is 1. The standard InChI is InChI=1S/C19H23Cl2NO/c1-4-14(3)22-11-16-9-17(20)10-18(21)19(16)23-12-15-7-5-13(2)6-8-15/h5-10,14,22H,4,11-12H2,1-3H3/t14-/m1/s1. The first kappa shape index (κ1) is 18.1. The summed E-state index contributed by atoms with van der Waals surface area (Å²) >= 11 is 12.5. The second-order valence-corrected chi connectivity index (χ2v) is 6.68. The fourth-order valence-electron chi connectivity index (χ4n) is 2.17. The van der Waals surface area contributed by atoms with Gasteiger partial charge in [-0.1, -0.05) is 60.0 Å². The molecule has 2 nitrogen and oxygen atoms in total. The minimum Gasteiger partial charge on any atom is -0.487 e. The normalized spacial score (nSPS) is 12.2. The third kappa shape index (κ3) is 5.42. The first-order valence-corrected chi connectivity index (χ1v) is 8.64. The van der Waals surface area contributed by atoms with Crippen molar-refractivity contribution in [1.29, 1.82) is 0 Å². The molecule has 0 radical (unpaired) electrons. The minimum atomic E-state index is 0.428. The van der Waals surface area contributed by atoms with Gasteiger partial charge < -0.3 is 10.1 Å². The van der Waals surface area contributed by atoms with Crippen LogP contribution in [0.15, 0.2) is 36.4 Å². The van der Waals surface area contributed by atoms with Gasteiger partial charge in [-0.3, -0.25) is 0 Å². The highest BCUT2D eigenvalue weighted by atomic mass is 35.5. The van der Waals surface area contributed by atoms with E-state index in [1.54, 1.807) is 6.07 Å². The monoisotopic (exact) mass is 351 g/mol. The van der Waals surface area contributed by atoms with Gasteiger partial charge in [0.05, 0.1) is 5.02 Å². The molecule has 0 unspecified atom stereocenters. The third-order valence-corrected chi connectivity index (χ3v) is 4.34. The highest BCUT2D eigenvalue weighted by Crippen LogP contribution is 2.33. The Kier molecular flexibility index (Phi) is 6.76. The largest absolute Gasteiger partial charge is 0.487 e. The maximum absolute atomic E-state index is 6.34. The molecule has 0 aromatic heterocycles. The van der Waals surface area contributed by atoms with Crippen molar-refractivity contribution in [2.24, 2.45) is 0 Å². The van der Waals surface area contributed by atoms with E-state index in [9.17, 15) is 0 Å². The quantitative estimate of drug-likeness (QED) is 0.683. The van der Waals surface area contributed by atoms with Gasteiger partial charge in [0.2, 0.25) is 0 Å². The van der Waals surface area contributed by atoms with Crippen molar-refractivity contribution >= 4 is 23.2 Å². The summed E-state index contributed by atoms with van der Waals surface area (Å²) in [5.74, 6) is 0.701. The molecule has 0 aliphatic carbocycles. The summed E-state index contributed by atoms with van der Waals surface area (Å²) in [4.78, 5) is 0. The molecule has 4 heteroatoms. The lowest BCUT2D eigenvalue weighted by Crippen LogP contribution is -2.24. The van der Waals surface area contributed by atoms with Gasteiger partial charge in [-0.15, -0.1) is 0 Å². The zero-order valence-corrected chi connectivity index (χ0v) is 15.3. The fourth-order valence-corrected chi connectivity index (χ4v) is 2.77. The van der Waals surface area contributed by atoms with Crippen LogP contribution in [0.3, 0.4) is 0 Å². The van der Waals surface area contributed by atoms with E-state index in [1.807, 2.05) is 6.07 Å². The summed E-state index contributed by atoms with van der Waals surface area (Å²) in [5, 5.41) is 4.62. The van der Waals surface area contributed by atoms with Crippen LogP contribution >= 0.6 is 23.2 Å². The molecule has 0 amide bonds. The van der Waals surface area contributed by atoms with Gasteiger partial charge in [-0.25, -0.2) is 0 Å². The highest BCUT2D eigenvalue weighted by molar-refractivity contribution is 6.35. The second kappa shape index (κ2) is 8.58. The average molecular weight is 352 g/mol. The number of ether oxygens (including phenoxy) is 1. The van der Waals surface area contributed by atoms with Gasteiger partial charge in [-0.2, -0.15) is 0 Å². The zero-order chi connectivity index (χ0) is 16.8. The predicted octanol–water partition coefficient (Wildman–Crippen LogP) is 5.77. The summed E-state index contributed by atoms with van der Waals surface area (Å²) in [5.41, 5.74) is 3.33. The highest BCUT2D eigenvalue weighted by Gasteiger charge is 2.12. The molecule has 0 spiro atoms. The molecular formula is C19H23Cl2NO. The van der Waals surface area contributed by atoms with E-state index in [-0.39, 0.29) is 0 Å². The van der Waals surface area contributed by atoms with Gasteiger partial charge in [0.15, 0.2) is 0 Å². The fraction of sp³-hybridized carbons (Fsp3) is 0.368. The van der Waals surface area contributed by atoms with Crippen LogP contribution in [-0.4, -0.2) is 6.04 Å². The minimum absolute atomic E-state index is 0.428. The van der Waals surface area contributed by atoms with Crippen LogP contribution < -0.4 is 10.1 Å². The second-order valence-electron chi connectivity index (χ2n) is 5.84. The van der Waals surface area contributed by atoms with Crippen molar-refractivity contribution < 1.29 is 4.74 Å². The van der Waals surface area contributed by atoms with Crippen LogP contribution in [0.4, 0.5) is 0 Å². The predicted molar refractivity (Wildman–Crippen MR) is 98.6 cm³/mol. The number of aryl methyl sites for hydroxylation is 1. The van der Waals surface area contributed by atoms with Gasteiger partial charge in [0, 0.05) is 23.2 Å². The number of benzene rings is 2. The lowest BCUT2D eigenvalue weighted by molar-refractivity contribution is 0.301. The Morgan fingerprint density at radius 3 is 2.48 bits per heavy atom. The number of halogens is 2. The Hall–Kier alpha value is -1.22. The molecule has 0 heterocycles. The molecule has 0 saturated carbocycles. The number of nitrogens with one attached hydrogen (secondary N) is 1. The van der Waals surface area contributed by atoms with E-state index in [4.69, 9.17) is 27.9 Å². The Labute approximate surface area is 148 Å². The molecule has 124 valence electrons. The summed E-state index contributed by atoms with van der Waals surface area (Å²) < 4.78 is 5.98. The van der Waals surface area contributed by atoms with Crippen molar-refractivity contribution in [2.75, 3.05) is 0 Å². The lowest BCUT2D eigenvalue weighted by Gasteiger charge is -2.17. The van der Waals surface area contributed by atoms with Gasteiger partial charge >= 0.3 is 0 Å². The topological polar surface area (TPSA) is 21.3 Å². The van der Waals surface area contributed by atoms with E-state index in [0.29, 0.717) is 35.0 Å². The molecule has 2 aromatic rings. The van der Waals surface area contributed by atoms with Crippen molar-refractivity contribution in [3.05, 3.63) is 63.1 Å². The first-order chi connectivity index (χ1) is 11.0. The molecule has 2 rings (SSSR count). The maximum atomic E-state index is 6.34. The molecule has 1 N–H and O–H groups in total. The van der Waals surface area contributed by atoms with Crippen molar-refractivity contribution in [1.82, 2.24) is 5.32 Å². The van der Waals surface area contributed by atoms with E-state index in [1.165, 1.54) is 5.56 Å². The van der Waals surface area contributed by atoms with E-state index < -0.39 is 0 Å². The van der Waals surface area contributed by atoms with E-state index in [0.717, 1.165) is 17.5 Å². The molecule has 0 fully saturated rings. The molecular weight excluding hydrogens is 329 g/mol. The summed E-state index contributed by atoms with van der Waals surface area (Å²) in [6.45, 7) is 7.53. The Morgan fingerprint density at radius 2 is 1.83 bits per heavy atom. The van der Waals surface area contributed by atoms with Crippen LogP contribution in [0, 0.1) is 6.92 Å². The molecule has 0 aliphatic heterocycles. The van der Waals surface area contributed by atoms with Crippen LogP contribution in [0.5, 0.6) is 5.75 Å². The molecule has 23 heavy (non-hydrogen) atoms. The van der Waals surface area contributed by atoms with Crippen LogP contribution in [0.2, 0.25) is 10.0 Å². The van der Waals surface area contributed by atoms with E-state index in [2.05, 4.69) is 50.4 Å². The summed E-state index contributed by atoms with van der Waals surface area (Å²) in [6.07, 6.45) is 1.06.